The second-order valence-electron chi connectivity index (χ2n) is 5.45. The number of aromatic nitrogens is 4. The van der Waals surface area contributed by atoms with E-state index in [1.165, 1.54) is 16.8 Å². The highest BCUT2D eigenvalue weighted by Gasteiger charge is 2.27. The van der Waals surface area contributed by atoms with Crippen LogP contribution in [0.4, 0.5) is 0 Å². The van der Waals surface area contributed by atoms with Crippen molar-refractivity contribution < 1.29 is 13.2 Å². The van der Waals surface area contributed by atoms with Gasteiger partial charge in [0.1, 0.15) is 4.21 Å². The average molecular weight is 417 g/mol. The van der Waals surface area contributed by atoms with Crippen LogP contribution in [0.15, 0.2) is 66.5 Å². The van der Waals surface area contributed by atoms with Crippen molar-refractivity contribution in [2.24, 2.45) is 11.4 Å². The highest BCUT2D eigenvalue weighted by Crippen LogP contribution is 2.33. The molecule has 0 N–H and O–H groups in total. The van der Waals surface area contributed by atoms with Crippen LogP contribution in [-0.4, -0.2) is 40.1 Å². The summed E-state index contributed by atoms with van der Waals surface area (Å²) in [5.74, 6) is -0.230. The molecule has 2 heterocycles. The number of hydrogen-bond acceptors (Lipinski definition) is 8. The van der Waals surface area contributed by atoms with Crippen LogP contribution < -0.4 is 0 Å². The van der Waals surface area contributed by atoms with E-state index in [-0.39, 0.29) is 15.7 Å². The smallest absolute Gasteiger partial charge is 0.288 e. The molecule has 3 aromatic rings. The van der Waals surface area contributed by atoms with Crippen LogP contribution in [0.2, 0.25) is 0 Å². The maximum atomic E-state index is 12.8. The molecule has 1 aliphatic rings. The van der Waals surface area contributed by atoms with Gasteiger partial charge in [0.25, 0.3) is 10.0 Å². The van der Waals surface area contributed by atoms with Crippen molar-refractivity contribution in [2.45, 2.75) is 9.37 Å². The monoisotopic (exact) mass is 417 g/mol. The Morgan fingerprint density at radius 1 is 1.15 bits per heavy atom. The van der Waals surface area contributed by atoms with Crippen LogP contribution in [0, 0.1) is 0 Å². The molecule has 0 radical (unpaired) electrons. The third-order valence-corrected chi connectivity index (χ3v) is 7.40. The van der Waals surface area contributed by atoms with E-state index in [0.29, 0.717) is 21.2 Å². The molecule has 0 spiro atoms. The molecule has 0 atom stereocenters. The van der Waals surface area contributed by atoms with Gasteiger partial charge in [-0.05, 0) is 39.7 Å². The third kappa shape index (κ3) is 3.36. The van der Waals surface area contributed by atoms with Crippen molar-refractivity contribution in [3.63, 3.8) is 0 Å². The van der Waals surface area contributed by atoms with E-state index in [1.807, 2.05) is 0 Å². The normalized spacial score (nSPS) is 15.7. The van der Waals surface area contributed by atoms with Crippen LogP contribution in [0.3, 0.4) is 0 Å². The summed E-state index contributed by atoms with van der Waals surface area (Å²) in [4.78, 5) is 13.1. The van der Waals surface area contributed by atoms with Crippen LogP contribution in [0.5, 0.6) is 0 Å². The summed E-state index contributed by atoms with van der Waals surface area (Å²) < 4.78 is 30.8. The number of ketones is 1. The van der Waals surface area contributed by atoms with Crippen LogP contribution in [0.1, 0.15) is 15.9 Å². The van der Waals surface area contributed by atoms with Gasteiger partial charge in [0.15, 0.2) is 0 Å². The second kappa shape index (κ2) is 6.83. The van der Waals surface area contributed by atoms with Crippen molar-refractivity contribution in [2.75, 3.05) is 0 Å². The van der Waals surface area contributed by atoms with Gasteiger partial charge in [0.05, 0.1) is 10.6 Å². The quantitative estimate of drug-likeness (QED) is 0.641. The zero-order valence-corrected chi connectivity index (χ0v) is 16.3. The minimum absolute atomic E-state index is 0.143. The first kappa shape index (κ1) is 17.8. The summed E-state index contributed by atoms with van der Waals surface area (Å²) >= 11 is 2.15. The molecule has 136 valence electrons. The first-order valence-corrected chi connectivity index (χ1v) is 10.7. The van der Waals surface area contributed by atoms with Gasteiger partial charge in [0.2, 0.25) is 10.9 Å². The van der Waals surface area contributed by atoms with Gasteiger partial charge in [-0.15, -0.1) is 16.4 Å². The van der Waals surface area contributed by atoms with Crippen molar-refractivity contribution in [3.8, 4) is 0 Å². The minimum Gasteiger partial charge on any atom is -0.288 e. The van der Waals surface area contributed by atoms with Crippen molar-refractivity contribution in [1.82, 2.24) is 20.2 Å². The lowest BCUT2D eigenvalue weighted by Gasteiger charge is -2.16. The number of carbonyl (C=O) groups excluding carboxylic acids is 1. The summed E-state index contributed by atoms with van der Waals surface area (Å²) in [5.41, 5.74) is 1.07. The number of thioether (sulfide) groups is 1. The van der Waals surface area contributed by atoms with Gasteiger partial charge in [-0.25, -0.2) is 4.68 Å². The Bertz CT molecular complexity index is 1190. The van der Waals surface area contributed by atoms with E-state index in [9.17, 15) is 13.2 Å². The molecule has 2 aromatic heterocycles. The summed E-state index contributed by atoms with van der Waals surface area (Å²) in [6, 6.07) is 9.92. The van der Waals surface area contributed by atoms with Gasteiger partial charge in [-0.2, -0.15) is 12.8 Å². The molecule has 1 aliphatic carbocycles. The first-order chi connectivity index (χ1) is 13.0. The number of benzene rings is 1. The van der Waals surface area contributed by atoms with E-state index in [1.54, 1.807) is 42.8 Å². The predicted molar refractivity (Wildman–Crippen MR) is 102 cm³/mol. The molecule has 1 aromatic carbocycles. The minimum atomic E-state index is -3.87. The van der Waals surface area contributed by atoms with E-state index in [2.05, 4.69) is 19.9 Å². The molecule has 4 rings (SSSR count). The van der Waals surface area contributed by atoms with Crippen LogP contribution >= 0.6 is 23.1 Å². The number of nitrogens with zero attached hydrogens (tertiary/aromatic N) is 5. The molecule has 27 heavy (non-hydrogen) atoms. The third-order valence-electron chi connectivity index (χ3n) is 3.69. The number of sulfonamides is 1. The average Bonchev–Trinajstić information content (AvgIpc) is 3.32. The fourth-order valence-corrected chi connectivity index (χ4v) is 5.23. The van der Waals surface area contributed by atoms with Gasteiger partial charge in [-0.1, -0.05) is 30.3 Å². The predicted octanol–water partition coefficient (Wildman–Crippen LogP) is 2.32. The SMILES string of the molecule is Cn1nnnc1SC1=C/C(=N/S(=O)(=O)c2cccs2)c2ccccc2C1=O. The standard InChI is InChI=1S/C16H11N5O3S3/c1-21-16(17-19-20-21)26-13-9-12(10-5-2-3-6-11(10)15(13)22)18-27(23,24)14-7-4-8-25-14/h2-9H,1H3/b18-12-. The van der Waals surface area contributed by atoms with Gasteiger partial charge >= 0.3 is 0 Å². The number of tetrazole rings is 1. The number of thiophene rings is 1. The molecular formula is C16H11N5O3S3. The van der Waals surface area contributed by atoms with E-state index in [4.69, 9.17) is 0 Å². The molecule has 0 bridgehead atoms. The fraction of sp³-hybridized carbons (Fsp3) is 0.0625. The molecule has 0 aliphatic heterocycles. The lowest BCUT2D eigenvalue weighted by molar-refractivity contribution is 0.104. The maximum absolute atomic E-state index is 12.8. The molecule has 8 nitrogen and oxygen atoms in total. The van der Waals surface area contributed by atoms with Crippen molar-refractivity contribution in [3.05, 3.63) is 63.9 Å². The Balaban J connectivity index is 1.84. The second-order valence-corrected chi connectivity index (χ2v) is 9.24. The Kier molecular flexibility index (Phi) is 4.50. The summed E-state index contributed by atoms with van der Waals surface area (Å²) in [5, 5.41) is 13.2. The topological polar surface area (TPSA) is 107 Å². The fourth-order valence-electron chi connectivity index (χ4n) is 2.45. The number of hydrogen-bond donors (Lipinski definition) is 0. The lowest BCUT2D eigenvalue weighted by Crippen LogP contribution is -2.17. The number of rotatable bonds is 4. The molecule has 0 fully saturated rings. The number of aryl methyl sites for hydroxylation is 1. The summed E-state index contributed by atoms with van der Waals surface area (Å²) in [7, 11) is -2.22. The van der Waals surface area contributed by atoms with Gasteiger partial charge < -0.3 is 0 Å². The van der Waals surface area contributed by atoms with E-state index >= 15 is 0 Å². The molecule has 0 amide bonds. The Morgan fingerprint density at radius 3 is 2.59 bits per heavy atom. The number of allylic oxidation sites excluding steroid dienone is 2. The van der Waals surface area contributed by atoms with Gasteiger partial charge in [0, 0.05) is 18.2 Å². The zero-order chi connectivity index (χ0) is 19.0. The first-order valence-electron chi connectivity index (χ1n) is 7.60. The van der Waals surface area contributed by atoms with Crippen molar-refractivity contribution >= 4 is 44.6 Å². The van der Waals surface area contributed by atoms with Crippen LogP contribution in [-0.2, 0) is 17.1 Å². The molecule has 0 saturated heterocycles. The highest BCUT2D eigenvalue weighted by atomic mass is 32.2. The van der Waals surface area contributed by atoms with Gasteiger partial charge in [-0.3, -0.25) is 4.79 Å². The molecule has 0 saturated carbocycles. The van der Waals surface area contributed by atoms with Crippen LogP contribution in [0.25, 0.3) is 0 Å². The zero-order valence-electron chi connectivity index (χ0n) is 13.8. The Labute approximate surface area is 162 Å². The lowest BCUT2D eigenvalue weighted by atomic mass is 9.94. The molecular weight excluding hydrogens is 406 g/mol. The maximum Gasteiger partial charge on any atom is 0.292 e. The molecule has 11 heteroatoms. The summed E-state index contributed by atoms with van der Waals surface area (Å²) in [6.07, 6.45) is 1.47. The Morgan fingerprint density at radius 2 is 1.93 bits per heavy atom. The van der Waals surface area contributed by atoms with E-state index < -0.39 is 10.0 Å². The Hall–Kier alpha value is -2.63. The largest absolute Gasteiger partial charge is 0.292 e. The van der Waals surface area contributed by atoms with Crippen molar-refractivity contribution in [1.29, 1.82) is 0 Å². The molecule has 0 unspecified atom stereocenters. The highest BCUT2D eigenvalue weighted by molar-refractivity contribution is 8.04. The number of carbonyl (C=O) groups is 1. The summed E-state index contributed by atoms with van der Waals surface area (Å²) in [6.45, 7) is 0. The number of Topliss-reactive ketones (excluding diaryl/α,β-unsaturated/α-hetero) is 1. The number of fused-ring (bicyclic) bond motifs is 1. The van der Waals surface area contributed by atoms with E-state index in [0.717, 1.165) is 23.1 Å².